The predicted molar refractivity (Wildman–Crippen MR) is 118 cm³/mol. The molecule has 3 atom stereocenters. The number of fused-ring (bicyclic) bond motifs is 2. The van der Waals surface area contributed by atoms with Gasteiger partial charge in [0.15, 0.2) is 0 Å². The topological polar surface area (TPSA) is 144 Å². The lowest BCUT2D eigenvalue weighted by Crippen LogP contribution is -2.46. The number of allylic oxidation sites excluding steroid dienone is 2. The number of carbonyl (C=O) groups is 5. The van der Waals surface area contributed by atoms with Crippen LogP contribution in [0.15, 0.2) is 36.5 Å². The van der Waals surface area contributed by atoms with Crippen molar-refractivity contribution in [1.29, 1.82) is 0 Å². The normalized spacial score (nSPS) is 26.1. The number of rotatable bonds is 2. The molecular weight excluding hydrogens is 432 g/mol. The van der Waals surface area contributed by atoms with Crippen LogP contribution in [0.2, 0.25) is 0 Å². The Labute approximate surface area is 193 Å². The molecule has 33 heavy (non-hydrogen) atoms. The van der Waals surface area contributed by atoms with E-state index >= 15 is 0 Å². The summed E-state index contributed by atoms with van der Waals surface area (Å²) < 4.78 is 8.49. The van der Waals surface area contributed by atoms with Crippen LogP contribution >= 0.6 is 0 Å². The van der Waals surface area contributed by atoms with Gasteiger partial charge in [0.2, 0.25) is 0 Å². The monoisotopic (exact) mass is 464 g/mol. The maximum Gasteiger partial charge on any atom is 0.338 e. The molecule has 2 N–H and O–H groups in total. The molecule has 0 aromatic carbocycles. The maximum atomic E-state index is 11.5. The third-order valence-electron chi connectivity index (χ3n) is 5.82. The van der Waals surface area contributed by atoms with Crippen LogP contribution < -0.4 is 0 Å². The molecule has 9 nitrogen and oxygen atoms in total. The number of hydrogen-bond donors (Lipinski definition) is 2. The van der Waals surface area contributed by atoms with Crippen LogP contribution in [0.25, 0.3) is 0 Å². The van der Waals surface area contributed by atoms with E-state index in [2.05, 4.69) is 49.0 Å². The average molecular weight is 465 g/mol. The second kappa shape index (κ2) is 11.6. The van der Waals surface area contributed by atoms with Crippen molar-refractivity contribution in [1.82, 2.24) is 0 Å². The van der Waals surface area contributed by atoms with Crippen LogP contribution in [0.3, 0.4) is 0 Å². The Kier molecular flexibility index (Phi) is 9.76. The van der Waals surface area contributed by atoms with Gasteiger partial charge < -0.3 is 19.7 Å². The third-order valence-corrected chi connectivity index (χ3v) is 5.82. The van der Waals surface area contributed by atoms with E-state index < -0.39 is 29.3 Å². The minimum absolute atomic E-state index is 0.0463. The third kappa shape index (κ3) is 7.69. The summed E-state index contributed by atoms with van der Waals surface area (Å²) in [5.74, 6) is -1.98. The van der Waals surface area contributed by atoms with Gasteiger partial charge in [0, 0.05) is 24.1 Å². The number of carbonyl (C=O) groups excluding carboxylic acids is 3. The molecule has 1 saturated heterocycles. The highest BCUT2D eigenvalue weighted by molar-refractivity contribution is 6.04. The molecule has 2 heterocycles. The lowest BCUT2D eigenvalue weighted by Gasteiger charge is -2.42. The minimum Gasteiger partial charge on any atom is -0.481 e. The molecule has 0 radical (unpaired) electrons. The zero-order valence-corrected chi connectivity index (χ0v) is 19.5. The summed E-state index contributed by atoms with van der Waals surface area (Å²) in [6, 6.07) is 0. The second-order valence-corrected chi connectivity index (χ2v) is 9.20. The highest BCUT2D eigenvalue weighted by Crippen LogP contribution is 2.60. The van der Waals surface area contributed by atoms with Crippen LogP contribution in [0.1, 0.15) is 53.4 Å². The van der Waals surface area contributed by atoms with Crippen LogP contribution in [-0.4, -0.2) is 46.7 Å². The van der Waals surface area contributed by atoms with Gasteiger partial charge in [-0.1, -0.05) is 39.5 Å². The van der Waals surface area contributed by atoms with Gasteiger partial charge in [-0.2, -0.15) is 0 Å². The first-order valence-corrected chi connectivity index (χ1v) is 10.6. The summed E-state index contributed by atoms with van der Waals surface area (Å²) in [5.41, 5.74) is -0.495. The zero-order valence-electron chi connectivity index (χ0n) is 19.5. The summed E-state index contributed by atoms with van der Waals surface area (Å²) in [4.78, 5) is 51.0. The molecule has 2 aliphatic heterocycles. The van der Waals surface area contributed by atoms with Crippen molar-refractivity contribution in [2.45, 2.75) is 53.4 Å². The number of cyclic esters (lactones) is 3. The molecule has 4 aliphatic rings. The molecule has 0 aromatic heterocycles. The van der Waals surface area contributed by atoms with Gasteiger partial charge in [-0.05, 0) is 43.4 Å². The van der Waals surface area contributed by atoms with E-state index in [1.54, 1.807) is 0 Å². The quantitative estimate of drug-likeness (QED) is 0.272. The van der Waals surface area contributed by atoms with Gasteiger partial charge in [-0.3, -0.25) is 9.59 Å². The number of carboxylic acid groups (broad SMARTS) is 2. The first-order chi connectivity index (χ1) is 15.2. The van der Waals surface area contributed by atoms with Crippen molar-refractivity contribution in [2.75, 3.05) is 6.61 Å². The fourth-order valence-electron chi connectivity index (χ4n) is 4.06. The van der Waals surface area contributed by atoms with E-state index in [1.807, 2.05) is 0 Å². The molecule has 0 amide bonds. The van der Waals surface area contributed by atoms with E-state index in [0.717, 1.165) is 31.4 Å². The van der Waals surface area contributed by atoms with Crippen molar-refractivity contribution < 1.29 is 43.7 Å². The van der Waals surface area contributed by atoms with E-state index in [-0.39, 0.29) is 22.9 Å². The summed E-state index contributed by atoms with van der Waals surface area (Å²) in [6.07, 6.45) is 9.89. The molecule has 1 saturated carbocycles. The summed E-state index contributed by atoms with van der Waals surface area (Å²) in [7, 11) is 0. The molecular formula is C24H32O9. The Morgan fingerprint density at radius 1 is 1.09 bits per heavy atom. The van der Waals surface area contributed by atoms with Crippen LogP contribution in [0.5, 0.6) is 0 Å². The zero-order chi connectivity index (χ0) is 25.4. The Hall–Kier alpha value is -3.23. The highest BCUT2D eigenvalue weighted by atomic mass is 16.6. The molecule has 4 rings (SSSR count). The van der Waals surface area contributed by atoms with Crippen molar-refractivity contribution in [2.24, 2.45) is 22.7 Å². The van der Waals surface area contributed by atoms with Crippen molar-refractivity contribution in [3.63, 3.8) is 0 Å². The lowest BCUT2D eigenvalue weighted by molar-refractivity contribution is -0.159. The maximum absolute atomic E-state index is 11.5. The van der Waals surface area contributed by atoms with E-state index in [1.165, 1.54) is 6.92 Å². The van der Waals surface area contributed by atoms with Gasteiger partial charge in [0.25, 0.3) is 0 Å². The van der Waals surface area contributed by atoms with Crippen molar-refractivity contribution in [3.8, 4) is 0 Å². The van der Waals surface area contributed by atoms with Crippen LogP contribution in [0, 0.1) is 22.7 Å². The van der Waals surface area contributed by atoms with Gasteiger partial charge in [0.1, 0.15) is 0 Å². The summed E-state index contributed by atoms with van der Waals surface area (Å²) in [5, 5.41) is 17.4. The highest BCUT2D eigenvalue weighted by Gasteiger charge is 2.59. The molecule has 2 fully saturated rings. The van der Waals surface area contributed by atoms with Gasteiger partial charge >= 0.3 is 29.8 Å². The van der Waals surface area contributed by atoms with E-state index in [4.69, 9.17) is 5.11 Å². The second-order valence-electron chi connectivity index (χ2n) is 9.20. The Morgan fingerprint density at radius 3 is 1.79 bits per heavy atom. The number of aliphatic carboxylic acids is 2. The molecule has 9 heteroatoms. The van der Waals surface area contributed by atoms with Gasteiger partial charge in [-0.25, -0.2) is 14.4 Å². The molecule has 0 aromatic rings. The fourth-order valence-corrected chi connectivity index (χ4v) is 4.06. The molecule has 182 valence electrons. The Bertz CT molecular complexity index is 824. The Morgan fingerprint density at radius 2 is 1.64 bits per heavy atom. The fraction of sp³-hybridized carbons (Fsp3) is 0.542. The van der Waals surface area contributed by atoms with Crippen molar-refractivity contribution >= 4 is 29.8 Å². The SMILES string of the molecule is C=C(C)C(=O)O.CC(C)(C)C1(C(=O)O)CC2C=CC1C2.O=C1C=CC(=O)O1.O=C1CCCO1. The van der Waals surface area contributed by atoms with Crippen LogP contribution in [-0.2, 0) is 33.4 Å². The number of esters is 3. The Balaban J connectivity index is 0.000000242. The molecule has 2 aliphatic carbocycles. The average Bonchev–Trinajstić information content (AvgIpc) is 3.48. The molecule has 3 unspecified atom stereocenters. The largest absolute Gasteiger partial charge is 0.481 e. The standard InChI is InChI=1S/C12H18O2.C4H2O3.2C4H6O2/c1-11(2,3)12(10(13)14)7-8-4-5-9(12)6-8;5-3-1-2-4(6)7-3;5-4-2-1-3-6-4;1-3(2)4(5)6/h4-5,8-9H,6-7H2,1-3H3,(H,13,14);1-2H;1-3H2;1H2,2H3,(H,5,6). The lowest BCUT2D eigenvalue weighted by atomic mass is 9.60. The van der Waals surface area contributed by atoms with Crippen molar-refractivity contribution in [3.05, 3.63) is 36.5 Å². The number of carboxylic acids is 2. The number of ether oxygens (including phenoxy) is 2. The minimum atomic E-state index is -0.935. The molecule has 2 bridgehead atoms. The molecule has 0 spiro atoms. The van der Waals surface area contributed by atoms with Gasteiger partial charge in [-0.15, -0.1) is 0 Å². The van der Waals surface area contributed by atoms with E-state index in [0.29, 0.717) is 18.9 Å². The van der Waals surface area contributed by atoms with Gasteiger partial charge in [0.05, 0.1) is 12.0 Å². The smallest absolute Gasteiger partial charge is 0.338 e. The van der Waals surface area contributed by atoms with Crippen LogP contribution in [0.4, 0.5) is 0 Å². The predicted octanol–water partition coefficient (Wildman–Crippen LogP) is 3.30. The summed E-state index contributed by atoms with van der Waals surface area (Å²) in [6.45, 7) is 11.4. The first kappa shape index (κ1) is 27.8. The first-order valence-electron chi connectivity index (χ1n) is 10.6. The number of hydrogen-bond acceptors (Lipinski definition) is 7. The van der Waals surface area contributed by atoms with E-state index in [9.17, 15) is 29.1 Å². The summed E-state index contributed by atoms with van der Waals surface area (Å²) >= 11 is 0.